The molecule has 3 heterocycles. The summed E-state index contributed by atoms with van der Waals surface area (Å²) in [6.07, 6.45) is 1.69. The van der Waals surface area contributed by atoms with Crippen LogP contribution in [0, 0.1) is 11.8 Å². The number of carbonyl (C=O) groups excluding carboxylic acids is 3. The third-order valence-electron chi connectivity index (χ3n) is 7.25. The number of ether oxygens (including phenoxy) is 2. The number of rotatable bonds is 5. The Morgan fingerprint density at radius 3 is 2.33 bits per heavy atom. The maximum absolute atomic E-state index is 14.1. The minimum atomic E-state index is -0.926. The van der Waals surface area contributed by atoms with E-state index in [9.17, 15) is 14.4 Å². The second kappa shape index (κ2) is 8.34. The zero-order chi connectivity index (χ0) is 25.0. The number of nitrogens with zero attached hydrogens (tertiary/aromatic N) is 3. The van der Waals surface area contributed by atoms with Crippen molar-refractivity contribution in [3.05, 3.63) is 89.5 Å². The van der Waals surface area contributed by atoms with E-state index in [4.69, 9.17) is 9.47 Å². The van der Waals surface area contributed by atoms with Gasteiger partial charge in [-0.2, -0.15) is 5.10 Å². The van der Waals surface area contributed by atoms with Crippen LogP contribution in [-0.2, 0) is 9.59 Å². The molecule has 3 aromatic rings. The van der Waals surface area contributed by atoms with Gasteiger partial charge in [0.2, 0.25) is 11.8 Å². The zero-order valence-corrected chi connectivity index (χ0v) is 19.7. The van der Waals surface area contributed by atoms with Crippen molar-refractivity contribution < 1.29 is 23.9 Å². The number of amides is 2. The minimum absolute atomic E-state index is 0.245. The fourth-order valence-electron chi connectivity index (χ4n) is 5.65. The summed E-state index contributed by atoms with van der Waals surface area (Å²) in [4.78, 5) is 43.1. The number of ketones is 1. The molecule has 3 aliphatic rings. The highest BCUT2D eigenvalue weighted by Crippen LogP contribution is 2.54. The lowest BCUT2D eigenvalue weighted by molar-refractivity contribution is -0.124. The van der Waals surface area contributed by atoms with Gasteiger partial charge in [-0.25, -0.2) is 4.90 Å². The number of methoxy groups -OCH3 is 2. The summed E-state index contributed by atoms with van der Waals surface area (Å²) in [5.41, 5.74) is 2.49. The first-order chi connectivity index (χ1) is 17.5. The maximum atomic E-state index is 14.1. The van der Waals surface area contributed by atoms with Gasteiger partial charge in [-0.05, 0) is 23.3 Å². The van der Waals surface area contributed by atoms with E-state index in [-0.39, 0.29) is 11.7 Å². The molecule has 0 bridgehead atoms. The smallest absolute Gasteiger partial charge is 0.240 e. The number of fused-ring (bicyclic) bond motifs is 5. The van der Waals surface area contributed by atoms with E-state index in [1.165, 1.54) is 14.2 Å². The zero-order valence-electron chi connectivity index (χ0n) is 19.7. The van der Waals surface area contributed by atoms with Crippen LogP contribution in [0.2, 0.25) is 0 Å². The molecule has 36 heavy (non-hydrogen) atoms. The molecule has 2 fully saturated rings. The number of anilines is 1. The molecule has 8 heteroatoms. The van der Waals surface area contributed by atoms with E-state index in [0.717, 1.165) is 16.0 Å². The Morgan fingerprint density at radius 2 is 1.58 bits per heavy atom. The predicted octanol–water partition coefficient (Wildman–Crippen LogP) is 3.47. The van der Waals surface area contributed by atoms with Gasteiger partial charge in [0.15, 0.2) is 5.78 Å². The Balaban J connectivity index is 1.51. The van der Waals surface area contributed by atoms with Gasteiger partial charge in [-0.3, -0.25) is 19.4 Å². The molecule has 2 saturated heterocycles. The van der Waals surface area contributed by atoms with Crippen LogP contribution in [-0.4, -0.2) is 49.1 Å². The van der Waals surface area contributed by atoms with Crippen LogP contribution in [0.25, 0.3) is 0 Å². The highest BCUT2D eigenvalue weighted by molar-refractivity contribution is 6.25. The Kier molecular flexibility index (Phi) is 5.10. The molecule has 3 aromatic carbocycles. The number of benzene rings is 3. The first-order valence-corrected chi connectivity index (χ1v) is 11.7. The molecule has 0 unspecified atom stereocenters. The summed E-state index contributed by atoms with van der Waals surface area (Å²) in [6, 6.07) is 19.9. The lowest BCUT2D eigenvalue weighted by Crippen LogP contribution is -2.44. The van der Waals surface area contributed by atoms with Gasteiger partial charge in [0, 0.05) is 11.6 Å². The van der Waals surface area contributed by atoms with Gasteiger partial charge in [0.25, 0.3) is 0 Å². The van der Waals surface area contributed by atoms with Gasteiger partial charge in [-0.1, -0.05) is 54.6 Å². The molecular formula is C28H23N3O5. The molecular weight excluding hydrogens is 458 g/mol. The van der Waals surface area contributed by atoms with Gasteiger partial charge in [-0.15, -0.1) is 0 Å². The van der Waals surface area contributed by atoms with Crippen LogP contribution >= 0.6 is 0 Å². The molecule has 0 N–H and O–H groups in total. The summed E-state index contributed by atoms with van der Waals surface area (Å²) in [6.45, 7) is 0. The quantitative estimate of drug-likeness (QED) is 0.410. The highest BCUT2D eigenvalue weighted by Gasteiger charge is 2.65. The van der Waals surface area contributed by atoms with Crippen LogP contribution in [0.4, 0.5) is 5.69 Å². The summed E-state index contributed by atoms with van der Waals surface area (Å²) < 4.78 is 10.8. The monoisotopic (exact) mass is 481 g/mol. The van der Waals surface area contributed by atoms with Gasteiger partial charge >= 0.3 is 0 Å². The Bertz CT molecular complexity index is 1420. The van der Waals surface area contributed by atoms with Crippen molar-refractivity contribution in [2.45, 2.75) is 12.1 Å². The van der Waals surface area contributed by atoms with Gasteiger partial charge < -0.3 is 9.47 Å². The molecule has 6 rings (SSSR count). The van der Waals surface area contributed by atoms with Crippen molar-refractivity contribution >= 4 is 29.5 Å². The number of hydrogen-bond donors (Lipinski definition) is 0. The SMILES string of the molecule is COc1ccc(OC)c(N2C(=O)[C@@H]3[C@H](C2=O)[C@H](C(=O)c2ccccc2)N2N=Cc4ccccc4[C@@H]32)c1. The Morgan fingerprint density at radius 1 is 0.861 bits per heavy atom. The molecule has 2 amide bonds. The average molecular weight is 482 g/mol. The van der Waals surface area contributed by atoms with Crippen molar-refractivity contribution in [1.82, 2.24) is 5.01 Å². The lowest BCUT2D eigenvalue weighted by Gasteiger charge is -2.34. The highest BCUT2D eigenvalue weighted by atomic mass is 16.5. The first-order valence-electron chi connectivity index (χ1n) is 11.7. The topological polar surface area (TPSA) is 88.5 Å². The molecule has 8 nitrogen and oxygen atoms in total. The van der Waals surface area contributed by atoms with Crippen LogP contribution in [0.15, 0.2) is 77.9 Å². The largest absolute Gasteiger partial charge is 0.497 e. The molecule has 0 radical (unpaired) electrons. The lowest BCUT2D eigenvalue weighted by atomic mass is 9.83. The first kappa shape index (κ1) is 22.0. The molecule has 180 valence electrons. The van der Waals surface area contributed by atoms with Crippen molar-refractivity contribution in [3.63, 3.8) is 0 Å². The average Bonchev–Trinajstić information content (AvgIpc) is 3.40. The second-order valence-corrected chi connectivity index (χ2v) is 8.97. The maximum Gasteiger partial charge on any atom is 0.240 e. The van der Waals surface area contributed by atoms with Gasteiger partial charge in [0.1, 0.15) is 17.5 Å². The fraction of sp³-hybridized carbons (Fsp3) is 0.214. The third kappa shape index (κ3) is 3.07. The Hall–Kier alpha value is -4.46. The predicted molar refractivity (Wildman–Crippen MR) is 132 cm³/mol. The number of carbonyl (C=O) groups is 3. The van der Waals surface area contributed by atoms with E-state index < -0.39 is 29.8 Å². The van der Waals surface area contributed by atoms with E-state index in [2.05, 4.69) is 5.10 Å². The molecule has 3 aliphatic heterocycles. The molecule has 0 saturated carbocycles. The Labute approximate surface area is 207 Å². The standard InChI is InChI=1S/C28H23N3O5/c1-35-18-12-13-21(36-2)20(14-18)30-27(33)22-23(28(30)34)25(26(32)16-8-4-3-5-9-16)31-24(22)19-11-7-6-10-17(19)15-29-31/h3-15,22-25H,1-2H3/t22-,23+,24+,25-/m1/s1. The molecule has 0 aromatic heterocycles. The summed E-state index contributed by atoms with van der Waals surface area (Å²) in [5.74, 6) is -1.93. The van der Waals surface area contributed by atoms with E-state index in [1.807, 2.05) is 30.3 Å². The number of hydrogen-bond acceptors (Lipinski definition) is 7. The summed E-state index contributed by atoms with van der Waals surface area (Å²) in [5, 5.41) is 6.25. The molecule has 4 atom stereocenters. The van der Waals surface area contributed by atoms with Crippen LogP contribution in [0.1, 0.15) is 27.5 Å². The van der Waals surface area contributed by atoms with E-state index in [1.54, 1.807) is 53.7 Å². The third-order valence-corrected chi connectivity index (χ3v) is 7.25. The normalized spacial score (nSPS) is 23.8. The second-order valence-electron chi connectivity index (χ2n) is 8.97. The van der Waals surface area contributed by atoms with E-state index >= 15 is 0 Å². The number of hydrazone groups is 1. The minimum Gasteiger partial charge on any atom is -0.497 e. The van der Waals surface area contributed by atoms with Gasteiger partial charge in [0.05, 0.1) is 44.0 Å². The van der Waals surface area contributed by atoms with Crippen molar-refractivity contribution in [3.8, 4) is 11.5 Å². The number of imide groups is 1. The van der Waals surface area contributed by atoms with E-state index in [0.29, 0.717) is 22.7 Å². The molecule has 0 aliphatic carbocycles. The van der Waals surface area contributed by atoms with Crippen LogP contribution in [0.5, 0.6) is 11.5 Å². The van der Waals surface area contributed by atoms with Crippen molar-refractivity contribution in [2.24, 2.45) is 16.9 Å². The van der Waals surface area contributed by atoms with Crippen molar-refractivity contribution in [2.75, 3.05) is 19.1 Å². The fourth-order valence-corrected chi connectivity index (χ4v) is 5.65. The summed E-state index contributed by atoms with van der Waals surface area (Å²) >= 11 is 0. The molecule has 0 spiro atoms. The van der Waals surface area contributed by atoms with Crippen LogP contribution in [0.3, 0.4) is 0 Å². The number of Topliss-reactive ketones (excluding diaryl/α,β-unsaturated/α-hetero) is 1. The summed E-state index contributed by atoms with van der Waals surface area (Å²) in [7, 11) is 2.99. The van der Waals surface area contributed by atoms with Crippen molar-refractivity contribution in [1.29, 1.82) is 0 Å². The van der Waals surface area contributed by atoms with Crippen LogP contribution < -0.4 is 14.4 Å².